The third-order valence-electron chi connectivity index (χ3n) is 3.63. The third kappa shape index (κ3) is 2.57. The maximum absolute atomic E-state index is 12.7. The highest BCUT2D eigenvalue weighted by molar-refractivity contribution is 6.32. The normalized spacial score (nSPS) is 11.1. The molecule has 0 radical (unpaired) electrons. The van der Waals surface area contributed by atoms with Gasteiger partial charge in [0.05, 0.1) is 28.6 Å². The average Bonchev–Trinajstić information content (AvgIpc) is 2.49. The topological polar surface area (TPSA) is 69.4 Å². The first-order chi connectivity index (χ1) is 10.9. The lowest BCUT2D eigenvalue weighted by Gasteiger charge is -2.07. The van der Waals surface area contributed by atoms with Gasteiger partial charge in [-0.15, -0.1) is 0 Å². The molecule has 0 amide bonds. The fraction of sp³-hybridized carbons (Fsp3) is 0.235. The van der Waals surface area contributed by atoms with Gasteiger partial charge in [0.2, 0.25) is 11.1 Å². The van der Waals surface area contributed by atoms with Crippen LogP contribution in [0.1, 0.15) is 28.5 Å². The molecule has 0 unspecified atom stereocenters. The highest BCUT2D eigenvalue weighted by atomic mass is 35.5. The summed E-state index contributed by atoms with van der Waals surface area (Å²) in [6.07, 6.45) is 0. The predicted molar refractivity (Wildman–Crippen MR) is 88.2 cm³/mol. The molecule has 2 heterocycles. The molecule has 2 aromatic heterocycles. The number of hydrogen-bond donors (Lipinski definition) is 0. The summed E-state index contributed by atoms with van der Waals surface area (Å²) in [4.78, 5) is 28.9. The van der Waals surface area contributed by atoms with Crippen molar-refractivity contribution in [2.45, 2.75) is 20.8 Å². The lowest BCUT2D eigenvalue weighted by atomic mass is 10.1. The van der Waals surface area contributed by atoms with Crippen molar-refractivity contribution in [2.24, 2.45) is 0 Å². The van der Waals surface area contributed by atoms with Crippen LogP contribution in [-0.2, 0) is 4.74 Å². The summed E-state index contributed by atoms with van der Waals surface area (Å²) >= 11 is 6.09. The number of nitrogens with zero attached hydrogens (tertiary/aromatic N) is 1. The number of ether oxygens (including phenoxy) is 1. The number of aromatic nitrogens is 1. The second-order valence-electron chi connectivity index (χ2n) is 5.22. The van der Waals surface area contributed by atoms with Gasteiger partial charge >= 0.3 is 5.97 Å². The minimum absolute atomic E-state index is 0.190. The van der Waals surface area contributed by atoms with Gasteiger partial charge in [-0.25, -0.2) is 9.78 Å². The van der Waals surface area contributed by atoms with Crippen molar-refractivity contribution in [3.05, 3.63) is 50.3 Å². The molecule has 3 rings (SSSR count). The number of aryl methyl sites for hydroxylation is 2. The minimum atomic E-state index is -0.513. The van der Waals surface area contributed by atoms with Crippen LogP contribution in [0.4, 0.5) is 0 Å². The second kappa shape index (κ2) is 5.66. The van der Waals surface area contributed by atoms with Crippen molar-refractivity contribution in [2.75, 3.05) is 6.61 Å². The summed E-state index contributed by atoms with van der Waals surface area (Å²) in [5.41, 5.74) is 1.84. The van der Waals surface area contributed by atoms with Gasteiger partial charge in [0.25, 0.3) is 0 Å². The Morgan fingerprint density at radius 2 is 2.00 bits per heavy atom. The average molecular weight is 332 g/mol. The molecule has 0 saturated heterocycles. The Morgan fingerprint density at radius 3 is 2.70 bits per heavy atom. The van der Waals surface area contributed by atoms with E-state index in [0.717, 1.165) is 5.56 Å². The largest absolute Gasteiger partial charge is 0.462 e. The molecule has 1 aromatic carbocycles. The number of fused-ring (bicyclic) bond motifs is 2. The van der Waals surface area contributed by atoms with E-state index in [1.165, 1.54) is 6.07 Å². The Hall–Kier alpha value is -2.40. The summed E-state index contributed by atoms with van der Waals surface area (Å²) in [6.45, 7) is 5.46. The SMILES string of the molecule is CCOC(=O)c1cc2c(=O)c3cc(Cl)c(C)cc3oc2nc1C. The van der Waals surface area contributed by atoms with E-state index in [2.05, 4.69) is 4.98 Å². The third-order valence-corrected chi connectivity index (χ3v) is 4.04. The fourth-order valence-corrected chi connectivity index (χ4v) is 2.57. The van der Waals surface area contributed by atoms with Crippen molar-refractivity contribution in [3.8, 4) is 0 Å². The summed E-state index contributed by atoms with van der Waals surface area (Å²) in [7, 11) is 0. The van der Waals surface area contributed by atoms with Crippen LogP contribution in [0.2, 0.25) is 5.02 Å². The maximum atomic E-state index is 12.7. The molecule has 0 spiro atoms. The Morgan fingerprint density at radius 1 is 1.26 bits per heavy atom. The molecule has 3 aromatic rings. The van der Waals surface area contributed by atoms with Crippen LogP contribution < -0.4 is 5.43 Å². The zero-order chi connectivity index (χ0) is 16.7. The van der Waals surface area contributed by atoms with Gasteiger partial charge in [-0.05, 0) is 44.5 Å². The molecule has 0 aliphatic rings. The maximum Gasteiger partial charge on any atom is 0.339 e. The van der Waals surface area contributed by atoms with Crippen molar-refractivity contribution in [1.82, 2.24) is 4.98 Å². The van der Waals surface area contributed by atoms with Gasteiger partial charge in [-0.1, -0.05) is 11.6 Å². The number of rotatable bonds is 2. The number of carbonyl (C=O) groups excluding carboxylic acids is 1. The van der Waals surface area contributed by atoms with E-state index in [4.69, 9.17) is 20.8 Å². The van der Waals surface area contributed by atoms with E-state index in [1.807, 2.05) is 6.92 Å². The molecule has 0 N–H and O–H groups in total. The van der Waals surface area contributed by atoms with Crippen LogP contribution in [0.3, 0.4) is 0 Å². The number of hydrogen-bond acceptors (Lipinski definition) is 5. The van der Waals surface area contributed by atoms with Gasteiger partial charge in [-0.3, -0.25) is 4.79 Å². The highest BCUT2D eigenvalue weighted by Gasteiger charge is 2.17. The van der Waals surface area contributed by atoms with E-state index in [-0.39, 0.29) is 28.7 Å². The fourth-order valence-electron chi connectivity index (χ4n) is 2.41. The Kier molecular flexibility index (Phi) is 3.82. The van der Waals surface area contributed by atoms with Gasteiger partial charge in [0.1, 0.15) is 5.58 Å². The quantitative estimate of drug-likeness (QED) is 0.528. The van der Waals surface area contributed by atoms with E-state index in [9.17, 15) is 9.59 Å². The molecule has 0 aliphatic heterocycles. The van der Waals surface area contributed by atoms with Crippen LogP contribution in [0.5, 0.6) is 0 Å². The molecular weight excluding hydrogens is 318 g/mol. The van der Waals surface area contributed by atoms with Crippen LogP contribution in [-0.4, -0.2) is 17.6 Å². The van der Waals surface area contributed by atoms with Crippen molar-refractivity contribution < 1.29 is 13.9 Å². The first kappa shape index (κ1) is 15.5. The number of esters is 1. The van der Waals surface area contributed by atoms with E-state index in [1.54, 1.807) is 26.0 Å². The molecule has 5 nitrogen and oxygen atoms in total. The van der Waals surface area contributed by atoms with Crippen LogP contribution in [0.15, 0.2) is 27.4 Å². The summed E-state index contributed by atoms with van der Waals surface area (Å²) in [5.74, 6) is -0.513. The smallest absolute Gasteiger partial charge is 0.339 e. The van der Waals surface area contributed by atoms with E-state index >= 15 is 0 Å². The summed E-state index contributed by atoms with van der Waals surface area (Å²) < 4.78 is 10.7. The first-order valence-electron chi connectivity index (χ1n) is 7.13. The molecule has 0 aliphatic carbocycles. The Labute approximate surface area is 136 Å². The van der Waals surface area contributed by atoms with Crippen LogP contribution in [0, 0.1) is 13.8 Å². The molecule has 118 valence electrons. The summed E-state index contributed by atoms with van der Waals surface area (Å²) in [6, 6.07) is 4.74. The molecular formula is C17H14ClNO4. The van der Waals surface area contributed by atoms with E-state index in [0.29, 0.717) is 21.7 Å². The molecule has 6 heteroatoms. The van der Waals surface area contributed by atoms with Gasteiger partial charge in [0.15, 0.2) is 0 Å². The zero-order valence-electron chi connectivity index (χ0n) is 12.9. The van der Waals surface area contributed by atoms with Crippen molar-refractivity contribution >= 4 is 39.6 Å². The van der Waals surface area contributed by atoms with E-state index < -0.39 is 5.97 Å². The number of carbonyl (C=O) groups is 1. The van der Waals surface area contributed by atoms with Crippen LogP contribution in [0.25, 0.3) is 22.1 Å². The predicted octanol–water partition coefficient (Wildman–Crippen LogP) is 3.79. The summed E-state index contributed by atoms with van der Waals surface area (Å²) in [5, 5.41) is 1.06. The lowest BCUT2D eigenvalue weighted by molar-refractivity contribution is 0.0525. The molecule has 0 fully saturated rings. The molecule has 0 saturated carbocycles. The standard InChI is InChI=1S/C17H14ClNO4/c1-4-22-17(21)10-6-12-15(20)11-7-13(18)8(2)5-14(11)23-16(12)19-9(10)3/h5-7H,4H2,1-3H3. The monoisotopic (exact) mass is 331 g/mol. The zero-order valence-corrected chi connectivity index (χ0v) is 13.7. The number of benzene rings is 1. The molecule has 0 bridgehead atoms. The molecule has 23 heavy (non-hydrogen) atoms. The van der Waals surface area contributed by atoms with Gasteiger partial charge in [0, 0.05) is 5.02 Å². The number of pyridine rings is 1. The highest BCUT2D eigenvalue weighted by Crippen LogP contribution is 2.25. The van der Waals surface area contributed by atoms with Gasteiger partial charge in [-0.2, -0.15) is 0 Å². The van der Waals surface area contributed by atoms with Crippen molar-refractivity contribution in [1.29, 1.82) is 0 Å². The lowest BCUT2D eigenvalue weighted by Crippen LogP contribution is -2.11. The van der Waals surface area contributed by atoms with Gasteiger partial charge < -0.3 is 9.15 Å². The minimum Gasteiger partial charge on any atom is -0.462 e. The van der Waals surface area contributed by atoms with Crippen molar-refractivity contribution in [3.63, 3.8) is 0 Å². The Bertz CT molecular complexity index is 1010. The first-order valence-corrected chi connectivity index (χ1v) is 7.51. The van der Waals surface area contributed by atoms with Crippen LogP contribution >= 0.6 is 11.6 Å². The Balaban J connectivity index is 2.36. The number of halogens is 1. The molecule has 0 atom stereocenters. The second-order valence-corrected chi connectivity index (χ2v) is 5.63.